The van der Waals surface area contributed by atoms with Crippen LogP contribution in [0.1, 0.15) is 100 Å². The summed E-state index contributed by atoms with van der Waals surface area (Å²) in [4.78, 5) is 0. The van der Waals surface area contributed by atoms with Crippen molar-refractivity contribution in [1.82, 2.24) is 0 Å². The predicted octanol–water partition coefficient (Wildman–Crippen LogP) is 6.93. The van der Waals surface area contributed by atoms with Crippen molar-refractivity contribution >= 4 is 0 Å². The first-order valence-electron chi connectivity index (χ1n) is 13.9. The molecule has 9 atom stereocenters. The fourth-order valence-electron chi connectivity index (χ4n) is 9.63. The van der Waals surface area contributed by atoms with Crippen molar-refractivity contribution in [1.29, 1.82) is 0 Å². The summed E-state index contributed by atoms with van der Waals surface area (Å²) in [6.07, 6.45) is 14.6. The third-order valence-electron chi connectivity index (χ3n) is 11.8. The molecule has 0 radical (unpaired) electrons. The molecule has 0 spiro atoms. The fraction of sp³-hybridized carbons (Fsp3) is 0.871. The molecule has 0 aromatic heterocycles. The highest BCUT2D eigenvalue weighted by Crippen LogP contribution is 2.75. The molecule has 0 unspecified atom stereocenters. The van der Waals surface area contributed by atoms with E-state index in [0.29, 0.717) is 29.1 Å². The molecule has 0 aliphatic heterocycles. The van der Waals surface area contributed by atoms with E-state index in [1.54, 1.807) is 0 Å². The van der Waals surface area contributed by atoms with Gasteiger partial charge in [0.2, 0.25) is 0 Å². The summed E-state index contributed by atoms with van der Waals surface area (Å²) in [5.74, 6) is 2.36. The second kappa shape index (κ2) is 8.45. The third kappa shape index (κ3) is 3.79. The second-order valence-corrected chi connectivity index (χ2v) is 14.4. The van der Waals surface area contributed by atoms with E-state index < -0.39 is 5.60 Å². The van der Waals surface area contributed by atoms with Crippen LogP contribution >= 0.6 is 0 Å². The third-order valence-corrected chi connectivity index (χ3v) is 11.8. The van der Waals surface area contributed by atoms with Crippen molar-refractivity contribution in [2.24, 2.45) is 45.3 Å². The van der Waals surface area contributed by atoms with E-state index >= 15 is 0 Å². The Bertz CT molecular complexity index is 834. The van der Waals surface area contributed by atoms with Gasteiger partial charge in [-0.25, -0.2) is 0 Å². The zero-order valence-corrected chi connectivity index (χ0v) is 23.4. The van der Waals surface area contributed by atoms with Crippen LogP contribution in [-0.4, -0.2) is 35.1 Å². The lowest BCUT2D eigenvalue weighted by molar-refractivity contribution is -0.182. The molecule has 4 rings (SSSR count). The van der Waals surface area contributed by atoms with Crippen LogP contribution in [0.25, 0.3) is 0 Å². The van der Waals surface area contributed by atoms with Gasteiger partial charge in [0.25, 0.3) is 0 Å². The summed E-state index contributed by atoms with van der Waals surface area (Å²) in [7, 11) is 1.90. The minimum Gasteiger partial charge on any atom is -0.392 e. The minimum absolute atomic E-state index is 0.120. The lowest BCUT2D eigenvalue weighted by Crippen LogP contribution is -2.63. The van der Waals surface area contributed by atoms with Crippen LogP contribution in [0.4, 0.5) is 0 Å². The molecule has 3 fully saturated rings. The number of hydrogen-bond acceptors (Lipinski definition) is 3. The maximum atomic E-state index is 10.9. The van der Waals surface area contributed by atoms with Crippen molar-refractivity contribution in [3.05, 3.63) is 23.8 Å². The van der Waals surface area contributed by atoms with E-state index in [2.05, 4.69) is 53.7 Å². The number of aliphatic hydroxyl groups is 2. The van der Waals surface area contributed by atoms with Gasteiger partial charge in [0.05, 0.1) is 17.8 Å². The highest BCUT2D eigenvalue weighted by atomic mass is 16.5. The molecular weight excluding hydrogens is 420 g/mol. The van der Waals surface area contributed by atoms with Crippen LogP contribution in [0.3, 0.4) is 0 Å². The summed E-state index contributed by atoms with van der Waals surface area (Å²) >= 11 is 0. The summed E-state index contributed by atoms with van der Waals surface area (Å²) < 4.78 is 6.32. The Balaban J connectivity index is 1.69. The quantitative estimate of drug-likeness (QED) is 0.427. The molecule has 4 aliphatic carbocycles. The van der Waals surface area contributed by atoms with Crippen molar-refractivity contribution in [2.75, 3.05) is 7.11 Å². The molecule has 0 aromatic carbocycles. The Morgan fingerprint density at radius 2 is 1.74 bits per heavy atom. The zero-order valence-electron chi connectivity index (χ0n) is 23.4. The summed E-state index contributed by atoms with van der Waals surface area (Å²) in [6, 6.07) is 0. The molecule has 2 N–H and O–H groups in total. The van der Waals surface area contributed by atoms with Gasteiger partial charge < -0.3 is 14.9 Å². The standard InChI is InChI=1S/C31H52O3/c1-20(11-10-15-27(2,3)33)21-14-16-31(8)26-24(34-9)19-23-22(12-13-25(32)28(23,4)5)29(26,6)17-18-30(21,31)7/h10,15,19-22,24-26,32-33H,11-14,16-18H2,1-9H3/b15-10+/t20-,21-,22-,24+,25+,26-,29+,30-,31+/m1/s1. The molecule has 194 valence electrons. The van der Waals surface area contributed by atoms with Gasteiger partial charge in [-0.3, -0.25) is 0 Å². The number of aliphatic hydroxyl groups excluding tert-OH is 1. The van der Waals surface area contributed by atoms with E-state index in [1.807, 2.05) is 27.0 Å². The number of allylic oxidation sites excluding steroid dienone is 1. The van der Waals surface area contributed by atoms with Crippen LogP contribution in [0, 0.1) is 45.3 Å². The van der Waals surface area contributed by atoms with Gasteiger partial charge in [-0.1, -0.05) is 65.3 Å². The summed E-state index contributed by atoms with van der Waals surface area (Å²) in [5.41, 5.74) is 1.31. The molecule has 0 aromatic rings. The van der Waals surface area contributed by atoms with Crippen LogP contribution in [-0.2, 0) is 4.74 Å². The van der Waals surface area contributed by atoms with Gasteiger partial charge in [0.1, 0.15) is 0 Å². The molecule has 0 heterocycles. The van der Waals surface area contributed by atoms with Crippen molar-refractivity contribution < 1.29 is 14.9 Å². The normalized spacial score (nSPS) is 47.0. The van der Waals surface area contributed by atoms with Crippen molar-refractivity contribution in [2.45, 2.75) is 118 Å². The van der Waals surface area contributed by atoms with Crippen LogP contribution in [0.15, 0.2) is 23.8 Å². The average molecular weight is 473 g/mol. The van der Waals surface area contributed by atoms with Gasteiger partial charge in [-0.2, -0.15) is 0 Å². The number of rotatable bonds is 5. The number of ether oxygens (including phenoxy) is 1. The number of fused-ring (bicyclic) bond motifs is 5. The lowest BCUT2D eigenvalue weighted by Gasteiger charge is -2.67. The van der Waals surface area contributed by atoms with Gasteiger partial charge in [0, 0.05) is 18.4 Å². The Morgan fingerprint density at radius 3 is 2.35 bits per heavy atom. The Hall–Kier alpha value is -0.640. The maximum absolute atomic E-state index is 10.9. The first kappa shape index (κ1) is 26.4. The van der Waals surface area contributed by atoms with Crippen molar-refractivity contribution in [3.63, 3.8) is 0 Å². The molecule has 34 heavy (non-hydrogen) atoms. The second-order valence-electron chi connectivity index (χ2n) is 14.4. The maximum Gasteiger partial charge on any atom is 0.0793 e. The van der Waals surface area contributed by atoms with E-state index in [-0.39, 0.29) is 28.5 Å². The first-order valence-corrected chi connectivity index (χ1v) is 13.9. The Kier molecular flexibility index (Phi) is 6.57. The molecule has 0 amide bonds. The predicted molar refractivity (Wildman–Crippen MR) is 140 cm³/mol. The van der Waals surface area contributed by atoms with Crippen LogP contribution in [0.2, 0.25) is 0 Å². The molecular formula is C31H52O3. The largest absolute Gasteiger partial charge is 0.392 e. The van der Waals surface area contributed by atoms with Crippen LogP contribution < -0.4 is 0 Å². The van der Waals surface area contributed by atoms with E-state index in [0.717, 1.165) is 19.3 Å². The highest BCUT2D eigenvalue weighted by molar-refractivity contribution is 5.32. The lowest BCUT2D eigenvalue weighted by atomic mass is 9.38. The summed E-state index contributed by atoms with van der Waals surface area (Å²) in [5, 5.41) is 21.0. The van der Waals surface area contributed by atoms with E-state index in [4.69, 9.17) is 4.74 Å². The van der Waals surface area contributed by atoms with Gasteiger partial charge >= 0.3 is 0 Å². The van der Waals surface area contributed by atoms with Gasteiger partial charge in [-0.15, -0.1) is 0 Å². The Labute approximate surface area is 209 Å². The fourth-order valence-corrected chi connectivity index (χ4v) is 9.63. The molecule has 3 nitrogen and oxygen atoms in total. The molecule has 3 heteroatoms. The zero-order chi connectivity index (χ0) is 25.3. The summed E-state index contributed by atoms with van der Waals surface area (Å²) in [6.45, 7) is 18.4. The smallest absolute Gasteiger partial charge is 0.0793 e. The van der Waals surface area contributed by atoms with Gasteiger partial charge in [0.15, 0.2) is 0 Å². The number of hydrogen-bond donors (Lipinski definition) is 2. The van der Waals surface area contributed by atoms with E-state index in [9.17, 15) is 10.2 Å². The van der Waals surface area contributed by atoms with Crippen molar-refractivity contribution in [3.8, 4) is 0 Å². The molecule has 3 saturated carbocycles. The van der Waals surface area contributed by atoms with Gasteiger partial charge in [-0.05, 0) is 92.8 Å². The van der Waals surface area contributed by atoms with E-state index in [1.165, 1.54) is 31.3 Å². The SMILES string of the molecule is CO[C@H]1C=C2[C@@H](CC[C@H](O)C2(C)C)[C@]2(C)CC[C@]3(C)[C@@H]([C@H](C)C/C=C/C(C)(C)O)CC[C@@]3(C)[C@H]12. The number of methoxy groups -OCH3 is 1. The molecule has 4 aliphatic rings. The highest BCUT2D eigenvalue weighted by Gasteiger charge is 2.69. The monoisotopic (exact) mass is 472 g/mol. The molecule has 0 bridgehead atoms. The average Bonchev–Trinajstić information content (AvgIpc) is 3.00. The minimum atomic E-state index is -0.736. The molecule has 0 saturated heterocycles. The van der Waals surface area contributed by atoms with Crippen LogP contribution in [0.5, 0.6) is 0 Å². The topological polar surface area (TPSA) is 49.7 Å². The first-order chi connectivity index (χ1) is 15.6. The Morgan fingerprint density at radius 1 is 1.06 bits per heavy atom.